The SMILES string of the molecule is NC(=NCc1ccc(N2CCCCCC2)nc1)NC1CCCCC1. The van der Waals surface area contributed by atoms with Crippen molar-refractivity contribution in [2.45, 2.75) is 70.4 Å². The lowest BCUT2D eigenvalue weighted by atomic mass is 9.96. The summed E-state index contributed by atoms with van der Waals surface area (Å²) >= 11 is 0. The van der Waals surface area contributed by atoms with Crippen LogP contribution in [0, 0.1) is 0 Å². The minimum absolute atomic E-state index is 0.506. The largest absolute Gasteiger partial charge is 0.370 e. The van der Waals surface area contributed by atoms with Crippen LogP contribution in [0.3, 0.4) is 0 Å². The lowest BCUT2D eigenvalue weighted by Gasteiger charge is -2.23. The third-order valence-electron chi connectivity index (χ3n) is 5.13. The van der Waals surface area contributed by atoms with E-state index in [1.807, 2.05) is 6.20 Å². The Balaban J connectivity index is 1.50. The number of nitrogens with one attached hydrogen (secondary N) is 1. The minimum atomic E-state index is 0.506. The number of guanidine groups is 1. The number of nitrogens with two attached hydrogens (primary N) is 1. The molecule has 0 atom stereocenters. The molecule has 0 amide bonds. The highest BCUT2D eigenvalue weighted by molar-refractivity contribution is 5.78. The van der Waals surface area contributed by atoms with Gasteiger partial charge in [-0.3, -0.25) is 0 Å². The summed E-state index contributed by atoms with van der Waals surface area (Å²) in [5, 5.41) is 3.36. The van der Waals surface area contributed by atoms with Crippen molar-refractivity contribution in [1.82, 2.24) is 10.3 Å². The lowest BCUT2D eigenvalue weighted by molar-refractivity contribution is 0.412. The second-order valence-electron chi connectivity index (χ2n) is 7.11. The number of pyridine rings is 1. The van der Waals surface area contributed by atoms with Gasteiger partial charge >= 0.3 is 0 Å². The first-order valence-electron chi connectivity index (χ1n) is 9.57. The van der Waals surface area contributed by atoms with Crippen molar-refractivity contribution >= 4 is 11.8 Å². The summed E-state index contributed by atoms with van der Waals surface area (Å²) in [6.07, 6.45) is 13.5. The van der Waals surface area contributed by atoms with E-state index in [0.717, 1.165) is 24.5 Å². The first-order valence-corrected chi connectivity index (χ1v) is 9.57. The number of rotatable bonds is 4. The summed E-state index contributed by atoms with van der Waals surface area (Å²) in [6, 6.07) is 4.76. The molecule has 2 heterocycles. The van der Waals surface area contributed by atoms with Gasteiger partial charge in [0.1, 0.15) is 5.82 Å². The van der Waals surface area contributed by atoms with Gasteiger partial charge in [-0.05, 0) is 37.3 Å². The zero-order chi connectivity index (χ0) is 16.6. The fraction of sp³-hybridized carbons (Fsp3) is 0.684. The zero-order valence-corrected chi connectivity index (χ0v) is 14.7. The average molecular weight is 329 g/mol. The van der Waals surface area contributed by atoms with Crippen LogP contribution in [-0.4, -0.2) is 30.1 Å². The predicted molar refractivity (Wildman–Crippen MR) is 100 cm³/mol. The van der Waals surface area contributed by atoms with Gasteiger partial charge in [0, 0.05) is 25.3 Å². The number of aromatic nitrogens is 1. The van der Waals surface area contributed by atoms with Gasteiger partial charge in [-0.1, -0.05) is 38.2 Å². The fourth-order valence-electron chi connectivity index (χ4n) is 3.68. The van der Waals surface area contributed by atoms with E-state index >= 15 is 0 Å². The van der Waals surface area contributed by atoms with Crippen molar-refractivity contribution < 1.29 is 0 Å². The molecule has 0 unspecified atom stereocenters. The van der Waals surface area contributed by atoms with Crippen molar-refractivity contribution in [3.63, 3.8) is 0 Å². The van der Waals surface area contributed by atoms with E-state index in [0.29, 0.717) is 18.5 Å². The Kier molecular flexibility index (Phi) is 6.33. The van der Waals surface area contributed by atoms with E-state index in [4.69, 9.17) is 5.73 Å². The van der Waals surface area contributed by atoms with Gasteiger partial charge in [0.25, 0.3) is 0 Å². The molecule has 1 aromatic rings. The van der Waals surface area contributed by atoms with Crippen LogP contribution < -0.4 is 16.0 Å². The molecule has 1 aromatic heterocycles. The minimum Gasteiger partial charge on any atom is -0.370 e. The normalized spacial score (nSPS) is 20.7. The summed E-state index contributed by atoms with van der Waals surface area (Å²) < 4.78 is 0. The van der Waals surface area contributed by atoms with Crippen LogP contribution in [0.5, 0.6) is 0 Å². The zero-order valence-electron chi connectivity index (χ0n) is 14.7. The Hall–Kier alpha value is -1.78. The molecular formula is C19H31N5. The fourth-order valence-corrected chi connectivity index (χ4v) is 3.68. The van der Waals surface area contributed by atoms with Crippen molar-refractivity contribution in [3.05, 3.63) is 23.9 Å². The van der Waals surface area contributed by atoms with Crippen molar-refractivity contribution in [1.29, 1.82) is 0 Å². The Labute approximate surface area is 145 Å². The van der Waals surface area contributed by atoms with Crippen LogP contribution in [0.1, 0.15) is 63.4 Å². The predicted octanol–water partition coefficient (Wildman–Crippen LogP) is 3.20. The first kappa shape index (κ1) is 17.1. The standard InChI is InChI=1S/C19H31N5/c20-19(23-17-8-4-3-5-9-17)22-15-16-10-11-18(21-14-16)24-12-6-1-2-7-13-24/h10-11,14,17H,1-9,12-13,15H2,(H3,20,22,23). The first-order chi connectivity index (χ1) is 11.8. The van der Waals surface area contributed by atoms with Gasteiger partial charge in [0.15, 0.2) is 5.96 Å². The quantitative estimate of drug-likeness (QED) is 0.657. The highest BCUT2D eigenvalue weighted by Crippen LogP contribution is 2.18. The molecule has 0 spiro atoms. The number of anilines is 1. The van der Waals surface area contributed by atoms with E-state index in [9.17, 15) is 0 Å². The molecule has 0 aromatic carbocycles. The van der Waals surface area contributed by atoms with Crippen molar-refractivity contribution in [2.75, 3.05) is 18.0 Å². The van der Waals surface area contributed by atoms with Crippen molar-refractivity contribution in [2.24, 2.45) is 10.7 Å². The second-order valence-corrected chi connectivity index (χ2v) is 7.11. The highest BCUT2D eigenvalue weighted by Gasteiger charge is 2.13. The maximum Gasteiger partial charge on any atom is 0.189 e. The molecule has 0 radical (unpaired) electrons. The van der Waals surface area contributed by atoms with E-state index in [2.05, 4.69) is 32.3 Å². The molecule has 3 N–H and O–H groups in total. The molecule has 132 valence electrons. The smallest absolute Gasteiger partial charge is 0.189 e. The molecule has 2 fully saturated rings. The topological polar surface area (TPSA) is 66.5 Å². The molecule has 5 nitrogen and oxygen atoms in total. The Morgan fingerprint density at radius 2 is 1.79 bits per heavy atom. The molecule has 1 aliphatic carbocycles. The van der Waals surface area contributed by atoms with Gasteiger partial charge in [-0.15, -0.1) is 0 Å². The van der Waals surface area contributed by atoms with Gasteiger partial charge in [0.2, 0.25) is 0 Å². The van der Waals surface area contributed by atoms with Crippen LogP contribution >= 0.6 is 0 Å². The Morgan fingerprint density at radius 3 is 2.46 bits per heavy atom. The molecule has 24 heavy (non-hydrogen) atoms. The number of nitrogens with zero attached hydrogens (tertiary/aromatic N) is 3. The summed E-state index contributed by atoms with van der Waals surface area (Å²) in [4.78, 5) is 11.5. The summed E-state index contributed by atoms with van der Waals surface area (Å²) in [7, 11) is 0. The third-order valence-corrected chi connectivity index (χ3v) is 5.13. The average Bonchev–Trinajstić information content (AvgIpc) is 2.91. The van der Waals surface area contributed by atoms with Gasteiger partial charge in [-0.2, -0.15) is 0 Å². The number of aliphatic imine (C=N–C) groups is 1. The molecule has 1 aliphatic heterocycles. The van der Waals surface area contributed by atoms with E-state index in [1.165, 1.54) is 57.8 Å². The third kappa shape index (κ3) is 5.11. The van der Waals surface area contributed by atoms with Crippen LogP contribution in [-0.2, 0) is 6.54 Å². The maximum absolute atomic E-state index is 6.03. The maximum atomic E-state index is 6.03. The van der Waals surface area contributed by atoms with Crippen LogP contribution in [0.15, 0.2) is 23.3 Å². The van der Waals surface area contributed by atoms with Crippen molar-refractivity contribution in [3.8, 4) is 0 Å². The number of hydrogen-bond acceptors (Lipinski definition) is 3. The Bertz CT molecular complexity index is 511. The van der Waals surface area contributed by atoms with Crippen LogP contribution in [0.2, 0.25) is 0 Å². The van der Waals surface area contributed by atoms with Gasteiger partial charge in [0.05, 0.1) is 6.54 Å². The van der Waals surface area contributed by atoms with Gasteiger partial charge in [-0.25, -0.2) is 9.98 Å². The van der Waals surface area contributed by atoms with E-state index in [-0.39, 0.29) is 0 Å². The Morgan fingerprint density at radius 1 is 1.08 bits per heavy atom. The molecule has 2 aliphatic rings. The molecule has 1 saturated heterocycles. The number of hydrogen-bond donors (Lipinski definition) is 2. The monoisotopic (exact) mass is 329 g/mol. The highest BCUT2D eigenvalue weighted by atomic mass is 15.2. The molecule has 5 heteroatoms. The van der Waals surface area contributed by atoms with Gasteiger partial charge < -0.3 is 16.0 Å². The lowest BCUT2D eigenvalue weighted by Crippen LogP contribution is -2.41. The van der Waals surface area contributed by atoms with Crippen LogP contribution in [0.25, 0.3) is 0 Å². The summed E-state index contributed by atoms with van der Waals surface area (Å²) in [6.45, 7) is 2.85. The van der Waals surface area contributed by atoms with Crippen LogP contribution in [0.4, 0.5) is 5.82 Å². The molecule has 0 bridgehead atoms. The molecular weight excluding hydrogens is 298 g/mol. The molecule has 3 rings (SSSR count). The second kappa shape index (κ2) is 8.90. The van der Waals surface area contributed by atoms with E-state index < -0.39 is 0 Å². The summed E-state index contributed by atoms with van der Waals surface area (Å²) in [5.41, 5.74) is 7.14. The van der Waals surface area contributed by atoms with E-state index in [1.54, 1.807) is 0 Å². The molecule has 1 saturated carbocycles. The summed E-state index contributed by atoms with van der Waals surface area (Å²) in [5.74, 6) is 1.66.